The molecule has 0 unspecified atom stereocenters. The lowest BCUT2D eigenvalue weighted by Gasteiger charge is -2.28. The van der Waals surface area contributed by atoms with Crippen molar-refractivity contribution in [1.82, 2.24) is 14.8 Å². The van der Waals surface area contributed by atoms with Gasteiger partial charge in [-0.3, -0.25) is 0 Å². The van der Waals surface area contributed by atoms with Gasteiger partial charge in [-0.15, -0.1) is 0 Å². The Labute approximate surface area is 145 Å². The summed E-state index contributed by atoms with van der Waals surface area (Å²) in [6, 6.07) is 7.90. The van der Waals surface area contributed by atoms with Gasteiger partial charge >= 0.3 is 11.9 Å². The van der Waals surface area contributed by atoms with Crippen molar-refractivity contribution in [1.29, 1.82) is 0 Å². The number of rotatable bonds is 3. The van der Waals surface area contributed by atoms with E-state index in [1.165, 1.54) is 6.33 Å². The number of ether oxygens (including phenoxy) is 2. The fraction of sp³-hybridized carbons (Fsp3) is 0.286. The fourth-order valence-corrected chi connectivity index (χ4v) is 2.67. The maximum absolute atomic E-state index is 9.10. The lowest BCUT2D eigenvalue weighted by molar-refractivity contribution is -0.178. The van der Waals surface area contributed by atoms with Crippen LogP contribution < -0.4 is 0 Å². The van der Waals surface area contributed by atoms with Crippen molar-refractivity contribution in [2.75, 3.05) is 13.2 Å². The zero-order chi connectivity index (χ0) is 17.6. The number of carboxylic acid groups (broad SMARTS) is 2. The predicted molar refractivity (Wildman–Crippen MR) is 83.0 cm³/mol. The molecule has 1 aromatic heterocycles. The molecule has 1 saturated heterocycles. The lowest BCUT2D eigenvalue weighted by Crippen LogP contribution is -2.33. The molecular weight excluding hydrogens is 386 g/mol. The summed E-state index contributed by atoms with van der Waals surface area (Å²) in [6.07, 6.45) is 3.16. The molecule has 1 aliphatic heterocycles. The molecule has 0 atom stereocenters. The van der Waals surface area contributed by atoms with Gasteiger partial charge in [0.05, 0.1) is 13.2 Å². The Morgan fingerprint density at radius 1 is 1.21 bits per heavy atom. The van der Waals surface area contributed by atoms with E-state index >= 15 is 0 Å². The molecule has 0 aliphatic carbocycles. The Morgan fingerprint density at radius 3 is 2.33 bits per heavy atom. The van der Waals surface area contributed by atoms with Crippen molar-refractivity contribution >= 4 is 27.9 Å². The zero-order valence-corrected chi connectivity index (χ0v) is 13.9. The van der Waals surface area contributed by atoms with E-state index in [4.69, 9.17) is 29.3 Å². The summed E-state index contributed by atoms with van der Waals surface area (Å²) >= 11 is 3.54. The van der Waals surface area contributed by atoms with Crippen LogP contribution in [0.4, 0.5) is 0 Å². The predicted octanol–water partition coefficient (Wildman–Crippen LogP) is 1.10. The third kappa shape index (κ3) is 4.37. The highest BCUT2D eigenvalue weighted by Gasteiger charge is 2.40. The molecule has 1 aromatic carbocycles. The lowest BCUT2D eigenvalue weighted by atomic mass is 10.1. The Morgan fingerprint density at radius 2 is 1.83 bits per heavy atom. The van der Waals surface area contributed by atoms with Crippen molar-refractivity contribution in [3.05, 3.63) is 47.0 Å². The van der Waals surface area contributed by atoms with Crippen molar-refractivity contribution in [2.45, 2.75) is 12.3 Å². The normalized spacial score (nSPS) is 15.4. The Hall–Kier alpha value is -2.30. The van der Waals surface area contributed by atoms with Gasteiger partial charge in [0.15, 0.2) is 0 Å². The summed E-state index contributed by atoms with van der Waals surface area (Å²) in [5, 5.41) is 18.9. The van der Waals surface area contributed by atoms with Gasteiger partial charge < -0.3 is 19.7 Å². The molecule has 0 bridgehead atoms. The largest absolute Gasteiger partial charge is 0.473 e. The first-order valence-electron chi connectivity index (χ1n) is 6.76. The van der Waals surface area contributed by atoms with Crippen LogP contribution >= 0.6 is 15.9 Å². The van der Waals surface area contributed by atoms with Crippen molar-refractivity contribution in [3.63, 3.8) is 0 Å². The van der Waals surface area contributed by atoms with Gasteiger partial charge in [0.1, 0.15) is 19.2 Å². The summed E-state index contributed by atoms with van der Waals surface area (Å²) in [4.78, 5) is 22.1. The average molecular weight is 400 g/mol. The fourth-order valence-electron chi connectivity index (χ4n) is 2.08. The van der Waals surface area contributed by atoms with E-state index in [2.05, 4.69) is 26.0 Å². The summed E-state index contributed by atoms with van der Waals surface area (Å²) in [5.74, 6) is -4.43. The SMILES string of the molecule is Brc1ccccc1C1(Cn2cncn2)OCCO1.O=C(O)C(=O)O. The van der Waals surface area contributed by atoms with Gasteiger partial charge in [0.25, 0.3) is 0 Å². The number of carbonyl (C=O) groups is 2. The van der Waals surface area contributed by atoms with Crippen LogP contribution in [-0.2, 0) is 31.4 Å². The number of aliphatic carboxylic acids is 2. The van der Waals surface area contributed by atoms with Crippen LogP contribution in [0.5, 0.6) is 0 Å². The van der Waals surface area contributed by atoms with Crippen LogP contribution in [0.1, 0.15) is 5.56 Å². The van der Waals surface area contributed by atoms with Gasteiger partial charge in [0, 0.05) is 10.0 Å². The van der Waals surface area contributed by atoms with Crippen molar-refractivity contribution in [3.8, 4) is 0 Å². The first-order valence-corrected chi connectivity index (χ1v) is 7.55. The van der Waals surface area contributed by atoms with E-state index in [9.17, 15) is 0 Å². The van der Waals surface area contributed by atoms with Crippen LogP contribution in [0.15, 0.2) is 41.4 Å². The quantitative estimate of drug-likeness (QED) is 0.735. The number of hydrogen-bond acceptors (Lipinski definition) is 6. The Balaban J connectivity index is 0.000000301. The molecule has 10 heteroatoms. The van der Waals surface area contributed by atoms with Gasteiger partial charge in [-0.25, -0.2) is 19.3 Å². The smallest absolute Gasteiger partial charge is 0.414 e. The van der Waals surface area contributed by atoms with Crippen LogP contribution in [0.3, 0.4) is 0 Å². The molecule has 2 N–H and O–H groups in total. The molecule has 24 heavy (non-hydrogen) atoms. The van der Waals surface area contributed by atoms with Crippen LogP contribution in [0.2, 0.25) is 0 Å². The molecule has 9 nitrogen and oxygen atoms in total. The molecule has 1 aliphatic rings. The number of aromatic nitrogens is 3. The van der Waals surface area contributed by atoms with Crippen molar-refractivity contribution < 1.29 is 29.3 Å². The average Bonchev–Trinajstić information content (AvgIpc) is 3.21. The molecular formula is C14H14BrN3O6. The number of halogens is 1. The molecule has 0 saturated carbocycles. The standard InChI is InChI=1S/C12H12BrN3O2.C2H2O4/c13-11-4-2-1-3-10(11)12(17-5-6-18-12)7-16-9-14-8-15-16;3-1(4)2(5)6/h1-4,8-9H,5-7H2;(H,3,4)(H,5,6). The second-order valence-corrected chi connectivity index (χ2v) is 5.49. The Kier molecular flexibility index (Phi) is 6.01. The second kappa shape index (κ2) is 7.99. The third-order valence-corrected chi connectivity index (χ3v) is 3.75. The molecule has 3 rings (SSSR count). The highest BCUT2D eigenvalue weighted by atomic mass is 79.9. The van der Waals surface area contributed by atoms with E-state index in [0.29, 0.717) is 19.8 Å². The number of hydrogen-bond donors (Lipinski definition) is 2. The highest BCUT2D eigenvalue weighted by Crippen LogP contribution is 2.37. The van der Waals surface area contributed by atoms with Crippen LogP contribution in [0, 0.1) is 0 Å². The summed E-state index contributed by atoms with van der Waals surface area (Å²) in [6.45, 7) is 1.64. The van der Waals surface area contributed by atoms with Crippen LogP contribution in [0.25, 0.3) is 0 Å². The maximum Gasteiger partial charge on any atom is 0.414 e. The molecule has 128 valence electrons. The minimum Gasteiger partial charge on any atom is -0.473 e. The van der Waals surface area contributed by atoms with E-state index < -0.39 is 17.7 Å². The van der Waals surface area contributed by atoms with Gasteiger partial charge in [-0.05, 0) is 6.07 Å². The summed E-state index contributed by atoms with van der Waals surface area (Å²) < 4.78 is 14.4. The zero-order valence-electron chi connectivity index (χ0n) is 12.3. The highest BCUT2D eigenvalue weighted by molar-refractivity contribution is 9.10. The monoisotopic (exact) mass is 399 g/mol. The maximum atomic E-state index is 9.10. The van der Waals surface area contributed by atoms with E-state index in [1.54, 1.807) is 11.0 Å². The van der Waals surface area contributed by atoms with Crippen LogP contribution in [-0.4, -0.2) is 50.1 Å². The second-order valence-electron chi connectivity index (χ2n) is 4.63. The molecule has 2 heterocycles. The molecule has 0 spiro atoms. The van der Waals surface area contributed by atoms with Crippen molar-refractivity contribution in [2.24, 2.45) is 0 Å². The Bertz CT molecular complexity index is 688. The topological polar surface area (TPSA) is 124 Å². The first-order chi connectivity index (χ1) is 11.4. The number of carboxylic acids is 2. The third-order valence-electron chi connectivity index (χ3n) is 3.06. The van der Waals surface area contributed by atoms with E-state index in [-0.39, 0.29) is 0 Å². The van der Waals surface area contributed by atoms with Gasteiger partial charge in [-0.2, -0.15) is 5.10 Å². The summed E-state index contributed by atoms with van der Waals surface area (Å²) in [7, 11) is 0. The van der Waals surface area contributed by atoms with E-state index in [1.807, 2.05) is 24.3 Å². The minimum atomic E-state index is -1.82. The van der Waals surface area contributed by atoms with E-state index in [0.717, 1.165) is 10.0 Å². The molecule has 0 amide bonds. The van der Waals surface area contributed by atoms with Gasteiger partial charge in [-0.1, -0.05) is 34.1 Å². The summed E-state index contributed by atoms with van der Waals surface area (Å²) in [5.41, 5.74) is 0.970. The molecule has 2 aromatic rings. The minimum absolute atomic E-state index is 0.482. The molecule has 1 fully saturated rings. The first kappa shape index (κ1) is 18.0. The van der Waals surface area contributed by atoms with Gasteiger partial charge in [0.2, 0.25) is 5.79 Å². The number of benzene rings is 1. The molecule has 0 radical (unpaired) electrons. The number of nitrogens with zero attached hydrogens (tertiary/aromatic N) is 3.